The predicted octanol–water partition coefficient (Wildman–Crippen LogP) is 8.72. The van der Waals surface area contributed by atoms with E-state index in [2.05, 4.69) is 29.9 Å². The topological polar surface area (TPSA) is 139 Å². The van der Waals surface area contributed by atoms with Crippen LogP contribution in [0.15, 0.2) is 12.1 Å². The lowest BCUT2D eigenvalue weighted by Crippen LogP contribution is -2.39. The predicted molar refractivity (Wildman–Crippen MR) is 216 cm³/mol. The number of primary amides is 1. The van der Waals surface area contributed by atoms with Crippen molar-refractivity contribution in [2.75, 3.05) is 25.1 Å². The van der Waals surface area contributed by atoms with E-state index in [9.17, 15) is 4.79 Å². The van der Waals surface area contributed by atoms with Gasteiger partial charge in [-0.3, -0.25) is 14.3 Å². The molecule has 55 heavy (non-hydrogen) atoms. The Morgan fingerprint density at radius 3 is 2.18 bits per heavy atom. The average Bonchev–Trinajstić information content (AvgIpc) is 3.68. The number of rotatable bonds is 15. The van der Waals surface area contributed by atoms with E-state index in [0.29, 0.717) is 78.6 Å². The third-order valence-electron chi connectivity index (χ3n) is 12.5. The van der Waals surface area contributed by atoms with Gasteiger partial charge in [0.05, 0.1) is 28.9 Å². The number of aryl methyl sites for hydroxylation is 1. The summed E-state index contributed by atoms with van der Waals surface area (Å²) in [6.45, 7) is 14.9. The maximum absolute atomic E-state index is 16.2. The number of nitrogens with zero attached hydrogens (tertiary/aromatic N) is 5. The van der Waals surface area contributed by atoms with E-state index in [4.69, 9.17) is 25.4 Å². The molecule has 3 aliphatic rings. The summed E-state index contributed by atoms with van der Waals surface area (Å²) < 4.78 is 31.6. The van der Waals surface area contributed by atoms with Crippen molar-refractivity contribution in [3.05, 3.63) is 46.4 Å². The Morgan fingerprint density at radius 2 is 1.62 bits per heavy atom. The molecule has 3 fully saturated rings. The van der Waals surface area contributed by atoms with Gasteiger partial charge in [-0.15, -0.1) is 0 Å². The van der Waals surface area contributed by atoms with Crippen LogP contribution in [-0.4, -0.2) is 64.3 Å². The summed E-state index contributed by atoms with van der Waals surface area (Å²) in [5.74, 6) is -1.61. The van der Waals surface area contributed by atoms with Crippen molar-refractivity contribution in [3.8, 4) is 11.1 Å². The zero-order chi connectivity index (χ0) is 39.3. The first-order valence-electron chi connectivity index (χ1n) is 21.0. The number of halogens is 1. The molecule has 13 heteroatoms. The van der Waals surface area contributed by atoms with Crippen LogP contribution in [-0.2, 0) is 27.4 Å². The van der Waals surface area contributed by atoms with Crippen LogP contribution in [0.3, 0.4) is 0 Å². The summed E-state index contributed by atoms with van der Waals surface area (Å²) in [6, 6.07) is 4.46. The fraction of sp³-hybridized carbons (Fsp3) is 0.690. The summed E-state index contributed by atoms with van der Waals surface area (Å²) in [5.41, 5.74) is 10.2. The van der Waals surface area contributed by atoms with Crippen molar-refractivity contribution in [2.45, 2.75) is 149 Å². The van der Waals surface area contributed by atoms with Crippen LogP contribution >= 0.6 is 0 Å². The lowest BCUT2D eigenvalue weighted by molar-refractivity contribution is -0.120. The van der Waals surface area contributed by atoms with Crippen LogP contribution in [0.5, 0.6) is 0 Å². The lowest BCUT2D eigenvalue weighted by Gasteiger charge is -2.41. The summed E-state index contributed by atoms with van der Waals surface area (Å²) in [6.07, 6.45) is 13.2. The van der Waals surface area contributed by atoms with Crippen molar-refractivity contribution >= 4 is 25.7 Å². The van der Waals surface area contributed by atoms with Crippen LogP contribution in [0, 0.1) is 37.5 Å². The minimum absolute atomic E-state index is 0.0335. The third-order valence-corrected chi connectivity index (χ3v) is 14.2. The van der Waals surface area contributed by atoms with Crippen molar-refractivity contribution in [1.29, 1.82) is 0 Å². The molecule has 0 spiro atoms. The molecule has 4 heterocycles. The quantitative estimate of drug-likeness (QED) is 0.0894. The highest BCUT2D eigenvalue weighted by molar-refractivity contribution is 6.76. The summed E-state index contributed by atoms with van der Waals surface area (Å²) >= 11 is 0. The number of nitrogens with two attached hydrogens (primary N) is 1. The molecule has 1 saturated heterocycles. The largest absolute Gasteiger partial charge is 0.381 e. The van der Waals surface area contributed by atoms with Gasteiger partial charge in [0.25, 0.3) is 5.91 Å². The molecular formula is C42H64FN7O4Si. The Morgan fingerprint density at radius 1 is 0.982 bits per heavy atom. The molecule has 1 atom stereocenters. The second kappa shape index (κ2) is 18.2. The first-order valence-corrected chi connectivity index (χ1v) is 24.7. The van der Waals surface area contributed by atoms with Gasteiger partial charge in [-0.05, 0) is 69.0 Å². The minimum atomic E-state index is -1.24. The SMILES string of the molecule is CCc1c(-c2ccc(NC(=O)[C@H](c3nn(C4CCOCC4)c(C)c3C(N)=O)C(C3CCCCC3)C3CCCCC3)nc2F)c(C)nn1COCC[Si](C)(C)C. The van der Waals surface area contributed by atoms with Crippen LogP contribution in [0.2, 0.25) is 25.7 Å². The number of hydrogen-bond donors (Lipinski definition) is 2. The highest BCUT2D eigenvalue weighted by atomic mass is 28.3. The monoisotopic (exact) mass is 777 g/mol. The minimum Gasteiger partial charge on any atom is -0.381 e. The highest BCUT2D eigenvalue weighted by Crippen LogP contribution is 2.48. The molecule has 302 valence electrons. The molecule has 2 aliphatic carbocycles. The van der Waals surface area contributed by atoms with E-state index in [1.165, 1.54) is 12.8 Å². The number of anilines is 1. The molecule has 2 saturated carbocycles. The Hall–Kier alpha value is -3.42. The standard InChI is InChI=1S/C42H64FN7O4Si/c1-7-33-35(27(2)47-49(33)26-54-24-25-55(4,5)6)32-18-19-34(45-40(32)43)46-42(52)38(37(29-14-10-8-11-15-29)30-16-12-9-13-17-30)39-36(41(44)51)28(3)50(48-39)31-20-22-53-23-21-31/h18-19,29-31,37-38H,7-17,20-26H2,1-6H3,(H2,44,51)(H,45,46,52)/t38-/m0/s1. The Balaban J connectivity index is 1.35. The van der Waals surface area contributed by atoms with Gasteiger partial charge in [0.1, 0.15) is 12.5 Å². The number of nitrogens with one attached hydrogen (secondary N) is 1. The van der Waals surface area contributed by atoms with Crippen molar-refractivity contribution in [1.82, 2.24) is 24.5 Å². The Kier molecular flexibility index (Phi) is 13.7. The van der Waals surface area contributed by atoms with Crippen molar-refractivity contribution < 1.29 is 23.5 Å². The number of hydrogen-bond acceptors (Lipinski definition) is 7. The normalized spacial score (nSPS) is 18.5. The van der Waals surface area contributed by atoms with Gasteiger partial charge in [0, 0.05) is 50.4 Å². The molecular weight excluding hydrogens is 714 g/mol. The van der Waals surface area contributed by atoms with Gasteiger partial charge in [-0.1, -0.05) is 90.8 Å². The zero-order valence-corrected chi connectivity index (χ0v) is 35.1. The summed E-state index contributed by atoms with van der Waals surface area (Å²) in [7, 11) is -1.24. The Labute approximate surface area is 327 Å². The molecule has 11 nitrogen and oxygen atoms in total. The maximum Gasteiger partial charge on any atom is 0.252 e. The van der Waals surface area contributed by atoms with E-state index in [1.807, 2.05) is 30.1 Å². The summed E-state index contributed by atoms with van der Waals surface area (Å²) in [4.78, 5) is 32.7. The van der Waals surface area contributed by atoms with Gasteiger partial charge in [0.2, 0.25) is 11.9 Å². The molecule has 0 unspecified atom stereocenters. The van der Waals surface area contributed by atoms with Gasteiger partial charge < -0.3 is 20.5 Å². The number of aromatic nitrogens is 5. The lowest BCUT2D eigenvalue weighted by atomic mass is 9.63. The average molecular weight is 778 g/mol. The van der Waals surface area contributed by atoms with E-state index in [0.717, 1.165) is 75.9 Å². The second-order valence-corrected chi connectivity index (χ2v) is 23.1. The second-order valence-electron chi connectivity index (χ2n) is 17.5. The number of ether oxygens (including phenoxy) is 2. The summed E-state index contributed by atoms with van der Waals surface area (Å²) in [5, 5.41) is 12.9. The van der Waals surface area contributed by atoms with E-state index in [-0.39, 0.29) is 23.7 Å². The number of carbonyl (C=O) groups is 2. The fourth-order valence-corrected chi connectivity index (χ4v) is 10.4. The van der Waals surface area contributed by atoms with E-state index >= 15 is 9.18 Å². The molecule has 3 N–H and O–H groups in total. The fourth-order valence-electron chi connectivity index (χ4n) is 9.67. The van der Waals surface area contributed by atoms with Gasteiger partial charge in [0.15, 0.2) is 0 Å². The Bertz CT molecular complexity index is 1770. The molecule has 0 aromatic carbocycles. The molecule has 0 bridgehead atoms. The highest BCUT2D eigenvalue weighted by Gasteiger charge is 2.45. The molecule has 0 radical (unpaired) electrons. The van der Waals surface area contributed by atoms with E-state index in [1.54, 1.807) is 12.1 Å². The molecule has 3 aromatic heterocycles. The number of pyridine rings is 1. The molecule has 6 rings (SSSR count). The smallest absolute Gasteiger partial charge is 0.252 e. The van der Waals surface area contributed by atoms with Crippen molar-refractivity contribution in [2.24, 2.45) is 23.5 Å². The molecule has 1 aliphatic heterocycles. The van der Waals surface area contributed by atoms with Crippen molar-refractivity contribution in [3.63, 3.8) is 0 Å². The maximum atomic E-state index is 16.2. The van der Waals surface area contributed by atoms with E-state index < -0.39 is 25.8 Å². The number of amides is 2. The van der Waals surface area contributed by atoms with Gasteiger partial charge in [-0.2, -0.15) is 14.6 Å². The first kappa shape index (κ1) is 41.2. The van der Waals surface area contributed by atoms with Crippen LogP contribution in [0.25, 0.3) is 11.1 Å². The molecule has 3 aromatic rings. The van der Waals surface area contributed by atoms with Gasteiger partial charge >= 0.3 is 0 Å². The molecule has 2 amide bonds. The third kappa shape index (κ3) is 9.59. The number of carbonyl (C=O) groups excluding carboxylic acids is 2. The van der Waals surface area contributed by atoms with Crippen LogP contribution < -0.4 is 11.1 Å². The van der Waals surface area contributed by atoms with Crippen LogP contribution in [0.4, 0.5) is 10.2 Å². The van der Waals surface area contributed by atoms with Crippen LogP contribution in [0.1, 0.15) is 129 Å². The first-order chi connectivity index (χ1) is 26.4. The van der Waals surface area contributed by atoms with Gasteiger partial charge in [-0.25, -0.2) is 9.67 Å². The zero-order valence-electron chi connectivity index (χ0n) is 34.1.